The van der Waals surface area contributed by atoms with Crippen LogP contribution in [0.25, 0.3) is 0 Å². The highest BCUT2D eigenvalue weighted by molar-refractivity contribution is 5.55. The van der Waals surface area contributed by atoms with E-state index >= 15 is 0 Å². The van der Waals surface area contributed by atoms with Gasteiger partial charge < -0.3 is 5.73 Å². The summed E-state index contributed by atoms with van der Waals surface area (Å²) >= 11 is 0. The second kappa shape index (κ2) is 4.31. The molecule has 0 fully saturated rings. The summed E-state index contributed by atoms with van der Waals surface area (Å²) in [6.07, 6.45) is 4.60. The molecule has 1 radical (unpaired) electrons. The van der Waals surface area contributed by atoms with Crippen LogP contribution in [-0.2, 0) is 0 Å². The fourth-order valence-corrected chi connectivity index (χ4v) is 1.44. The zero-order valence-electron chi connectivity index (χ0n) is 8.72. The second-order valence-corrected chi connectivity index (χ2v) is 3.56. The Morgan fingerprint density at radius 1 is 1.23 bits per heavy atom. The van der Waals surface area contributed by atoms with Crippen molar-refractivity contribution < 1.29 is 0 Å². The van der Waals surface area contributed by atoms with Crippen molar-refractivity contribution in [2.75, 3.05) is 5.73 Å². The molecule has 0 unspecified atom stereocenters. The topological polar surface area (TPSA) is 26.0 Å². The Hall–Kier alpha value is -0.980. The van der Waals surface area contributed by atoms with Crippen molar-refractivity contribution >= 4 is 5.69 Å². The number of hydrogen-bond acceptors (Lipinski definition) is 1. The molecule has 0 aliphatic rings. The first-order chi connectivity index (χ1) is 6.15. The Balaban J connectivity index is 2.86. The van der Waals surface area contributed by atoms with Crippen LogP contribution in [0.2, 0.25) is 0 Å². The van der Waals surface area contributed by atoms with Crippen molar-refractivity contribution in [3.05, 3.63) is 35.2 Å². The van der Waals surface area contributed by atoms with Gasteiger partial charge in [-0.2, -0.15) is 0 Å². The van der Waals surface area contributed by atoms with Crippen molar-refractivity contribution in [1.29, 1.82) is 0 Å². The highest BCUT2D eigenvalue weighted by atomic mass is 14.6. The van der Waals surface area contributed by atoms with Gasteiger partial charge in [0.15, 0.2) is 0 Å². The molecule has 71 valence electrons. The number of unbranched alkanes of at least 4 members (excludes halogenated alkanes) is 1. The van der Waals surface area contributed by atoms with E-state index in [1.165, 1.54) is 23.1 Å². The first-order valence-electron chi connectivity index (χ1n) is 4.85. The molecule has 1 rings (SSSR count). The van der Waals surface area contributed by atoms with Gasteiger partial charge in [0.2, 0.25) is 0 Å². The Morgan fingerprint density at radius 2 is 1.77 bits per heavy atom. The van der Waals surface area contributed by atoms with Gasteiger partial charge >= 0.3 is 0 Å². The minimum absolute atomic E-state index is 0.925. The number of rotatable bonds is 3. The van der Waals surface area contributed by atoms with Gasteiger partial charge in [-0.15, -0.1) is 0 Å². The molecule has 0 aliphatic carbocycles. The van der Waals surface area contributed by atoms with Crippen LogP contribution in [0.1, 0.15) is 36.5 Å². The van der Waals surface area contributed by atoms with E-state index in [0.29, 0.717) is 0 Å². The molecule has 1 nitrogen and oxygen atoms in total. The summed E-state index contributed by atoms with van der Waals surface area (Å²) in [6.45, 7) is 6.31. The normalized spacial score (nSPS) is 10.4. The zero-order chi connectivity index (χ0) is 9.84. The molecule has 0 amide bonds. The number of nitrogen functional groups attached to an aromatic ring is 1. The molecule has 0 aliphatic heterocycles. The molecule has 0 spiro atoms. The highest BCUT2D eigenvalue weighted by Crippen LogP contribution is 2.20. The minimum atomic E-state index is 0.925. The van der Waals surface area contributed by atoms with E-state index < -0.39 is 0 Å². The van der Waals surface area contributed by atoms with Gasteiger partial charge in [0.05, 0.1) is 0 Å². The van der Waals surface area contributed by atoms with Crippen LogP contribution in [0.4, 0.5) is 5.69 Å². The van der Waals surface area contributed by atoms with Gasteiger partial charge in [-0.3, -0.25) is 0 Å². The third kappa shape index (κ3) is 2.48. The number of benzene rings is 1. The molecule has 0 bridgehead atoms. The molecule has 1 aromatic carbocycles. The lowest BCUT2D eigenvalue weighted by Crippen LogP contribution is -1.95. The van der Waals surface area contributed by atoms with E-state index in [2.05, 4.69) is 39.3 Å². The van der Waals surface area contributed by atoms with E-state index in [-0.39, 0.29) is 0 Å². The molecule has 13 heavy (non-hydrogen) atoms. The monoisotopic (exact) mass is 176 g/mol. The summed E-state index contributed by atoms with van der Waals surface area (Å²) in [6, 6.07) is 4.30. The van der Waals surface area contributed by atoms with Gasteiger partial charge in [-0.05, 0) is 43.4 Å². The molecule has 0 aromatic heterocycles. The van der Waals surface area contributed by atoms with E-state index in [1.54, 1.807) is 0 Å². The average molecular weight is 176 g/mol. The zero-order valence-corrected chi connectivity index (χ0v) is 8.72. The first kappa shape index (κ1) is 10.1. The summed E-state index contributed by atoms with van der Waals surface area (Å²) in [5.74, 6) is 0. The van der Waals surface area contributed by atoms with Gasteiger partial charge in [-0.25, -0.2) is 0 Å². The minimum Gasteiger partial charge on any atom is -0.398 e. The van der Waals surface area contributed by atoms with Gasteiger partial charge in [-0.1, -0.05) is 25.5 Å². The van der Waals surface area contributed by atoms with E-state index in [9.17, 15) is 0 Å². The second-order valence-electron chi connectivity index (χ2n) is 3.56. The van der Waals surface area contributed by atoms with Crippen molar-refractivity contribution in [2.45, 2.75) is 33.6 Å². The van der Waals surface area contributed by atoms with Gasteiger partial charge in [0, 0.05) is 5.69 Å². The summed E-state index contributed by atoms with van der Waals surface area (Å²) in [7, 11) is 0. The molecule has 1 aromatic rings. The van der Waals surface area contributed by atoms with Crippen LogP contribution in [0.3, 0.4) is 0 Å². The molecule has 0 atom stereocenters. The first-order valence-corrected chi connectivity index (χ1v) is 4.85. The quantitative estimate of drug-likeness (QED) is 0.703. The lowest BCUT2D eigenvalue weighted by atomic mass is 10.0. The SMILES string of the molecule is CCC[CH]c1cc(C)c(N)c(C)c1. The van der Waals surface area contributed by atoms with Crippen LogP contribution in [0.15, 0.2) is 12.1 Å². The van der Waals surface area contributed by atoms with Crippen LogP contribution in [-0.4, -0.2) is 0 Å². The summed E-state index contributed by atoms with van der Waals surface area (Å²) in [5, 5.41) is 0. The number of aryl methyl sites for hydroxylation is 2. The Labute approximate surface area is 81.0 Å². The molecular formula is C12H18N. The lowest BCUT2D eigenvalue weighted by molar-refractivity contribution is 0.913. The van der Waals surface area contributed by atoms with Crippen molar-refractivity contribution in [1.82, 2.24) is 0 Å². The van der Waals surface area contributed by atoms with Crippen LogP contribution >= 0.6 is 0 Å². The fourth-order valence-electron chi connectivity index (χ4n) is 1.44. The highest BCUT2D eigenvalue weighted by Gasteiger charge is 2.00. The van der Waals surface area contributed by atoms with Gasteiger partial charge in [0.25, 0.3) is 0 Å². The standard InChI is InChI=1S/C12H18N/c1-4-5-6-11-7-9(2)12(13)10(3)8-11/h6-8H,4-5,13H2,1-3H3. The Bertz CT molecular complexity index is 266. The van der Waals surface area contributed by atoms with Crippen LogP contribution < -0.4 is 5.73 Å². The van der Waals surface area contributed by atoms with E-state index in [4.69, 9.17) is 5.73 Å². The third-order valence-electron chi connectivity index (χ3n) is 2.28. The maximum absolute atomic E-state index is 5.87. The number of nitrogens with two attached hydrogens (primary N) is 1. The summed E-state index contributed by atoms with van der Waals surface area (Å²) in [5.41, 5.74) is 10.5. The molecule has 0 saturated heterocycles. The third-order valence-corrected chi connectivity index (χ3v) is 2.28. The van der Waals surface area contributed by atoms with Crippen molar-refractivity contribution in [3.8, 4) is 0 Å². The predicted molar refractivity (Wildman–Crippen MR) is 58.6 cm³/mol. The Morgan fingerprint density at radius 3 is 2.23 bits per heavy atom. The number of hydrogen-bond donors (Lipinski definition) is 1. The van der Waals surface area contributed by atoms with Crippen LogP contribution in [0, 0.1) is 20.3 Å². The van der Waals surface area contributed by atoms with E-state index in [1.807, 2.05) is 0 Å². The van der Waals surface area contributed by atoms with Crippen molar-refractivity contribution in [2.24, 2.45) is 0 Å². The largest absolute Gasteiger partial charge is 0.398 e. The smallest absolute Gasteiger partial charge is 0.0373 e. The maximum atomic E-state index is 5.87. The summed E-state index contributed by atoms with van der Waals surface area (Å²) < 4.78 is 0. The molecular weight excluding hydrogens is 158 g/mol. The van der Waals surface area contributed by atoms with Gasteiger partial charge in [0.1, 0.15) is 0 Å². The predicted octanol–water partition coefficient (Wildman–Crippen LogP) is 3.24. The lowest BCUT2D eigenvalue weighted by Gasteiger charge is -2.07. The fraction of sp³-hybridized carbons (Fsp3) is 0.417. The molecule has 0 saturated carbocycles. The molecule has 0 heterocycles. The van der Waals surface area contributed by atoms with E-state index in [0.717, 1.165) is 12.1 Å². The molecule has 2 N–H and O–H groups in total. The maximum Gasteiger partial charge on any atom is 0.0373 e. The molecule has 1 heteroatoms. The average Bonchev–Trinajstić information content (AvgIpc) is 2.10. The number of anilines is 1. The Kier molecular flexibility index (Phi) is 3.35. The van der Waals surface area contributed by atoms with Crippen LogP contribution in [0.5, 0.6) is 0 Å². The summed E-state index contributed by atoms with van der Waals surface area (Å²) in [4.78, 5) is 0. The van der Waals surface area contributed by atoms with Crippen molar-refractivity contribution in [3.63, 3.8) is 0 Å².